The van der Waals surface area contributed by atoms with E-state index < -0.39 is 0 Å². The molecule has 1 aliphatic rings. The Morgan fingerprint density at radius 2 is 1.93 bits per heavy atom. The molecule has 3 aromatic rings. The molecular weight excluding hydrogens is 350 g/mol. The predicted octanol–water partition coefficient (Wildman–Crippen LogP) is 2.99. The molecule has 1 unspecified atom stereocenters. The number of fused-ring (bicyclic) bond motifs is 1. The molecule has 1 atom stereocenters. The van der Waals surface area contributed by atoms with E-state index in [2.05, 4.69) is 44.0 Å². The Morgan fingerprint density at radius 3 is 2.71 bits per heavy atom. The Morgan fingerprint density at radius 1 is 1.18 bits per heavy atom. The summed E-state index contributed by atoms with van der Waals surface area (Å²) < 4.78 is 2.05. The average Bonchev–Trinajstić information content (AvgIpc) is 3.27. The molecule has 2 heterocycles. The van der Waals surface area contributed by atoms with E-state index in [0.29, 0.717) is 6.54 Å². The number of aromatic nitrogens is 2. The lowest BCUT2D eigenvalue weighted by atomic mass is 10.2. The third kappa shape index (κ3) is 4.02. The fraction of sp³-hybridized carbons (Fsp3) is 0.364. The smallest absolute Gasteiger partial charge is 0.317 e. The topological polar surface area (TPSA) is 53.4 Å². The van der Waals surface area contributed by atoms with Gasteiger partial charge in [0.2, 0.25) is 0 Å². The molecule has 1 aliphatic heterocycles. The average molecular weight is 377 g/mol. The molecule has 2 amide bonds. The van der Waals surface area contributed by atoms with Gasteiger partial charge in [-0.2, -0.15) is 0 Å². The largest absolute Gasteiger partial charge is 0.334 e. The van der Waals surface area contributed by atoms with Gasteiger partial charge in [0.1, 0.15) is 5.82 Å². The fourth-order valence-electron chi connectivity index (χ4n) is 3.84. The first kappa shape index (κ1) is 18.5. The summed E-state index contributed by atoms with van der Waals surface area (Å²) in [7, 11) is 3.82. The highest BCUT2D eigenvalue weighted by Crippen LogP contribution is 2.16. The van der Waals surface area contributed by atoms with E-state index in [4.69, 9.17) is 0 Å². The first-order valence-electron chi connectivity index (χ1n) is 9.78. The summed E-state index contributed by atoms with van der Waals surface area (Å²) in [6.45, 7) is 3.31. The predicted molar refractivity (Wildman–Crippen MR) is 111 cm³/mol. The number of amides is 2. The van der Waals surface area contributed by atoms with Gasteiger partial charge in [-0.1, -0.05) is 42.5 Å². The van der Waals surface area contributed by atoms with Crippen molar-refractivity contribution in [3.05, 3.63) is 66.0 Å². The monoisotopic (exact) mass is 377 g/mol. The molecule has 0 saturated carbocycles. The Labute approximate surface area is 165 Å². The van der Waals surface area contributed by atoms with E-state index >= 15 is 0 Å². The quantitative estimate of drug-likeness (QED) is 0.744. The van der Waals surface area contributed by atoms with Crippen LogP contribution in [-0.2, 0) is 20.1 Å². The number of imidazole rings is 1. The summed E-state index contributed by atoms with van der Waals surface area (Å²) >= 11 is 0. The molecule has 4 rings (SSSR count). The van der Waals surface area contributed by atoms with Crippen LogP contribution in [0.25, 0.3) is 11.0 Å². The van der Waals surface area contributed by atoms with Crippen LogP contribution >= 0.6 is 0 Å². The van der Waals surface area contributed by atoms with Gasteiger partial charge in [-0.05, 0) is 24.1 Å². The first-order chi connectivity index (χ1) is 13.6. The molecule has 0 bridgehead atoms. The van der Waals surface area contributed by atoms with E-state index in [1.54, 1.807) is 4.90 Å². The zero-order valence-electron chi connectivity index (χ0n) is 16.5. The number of hydrogen-bond acceptors (Lipinski definition) is 3. The van der Waals surface area contributed by atoms with E-state index in [9.17, 15) is 4.79 Å². The molecule has 28 heavy (non-hydrogen) atoms. The minimum atomic E-state index is -0.0429. The van der Waals surface area contributed by atoms with Gasteiger partial charge in [0, 0.05) is 39.8 Å². The van der Waals surface area contributed by atoms with Crippen LogP contribution in [0.2, 0.25) is 0 Å². The Bertz CT molecular complexity index is 952. The number of para-hydroxylation sites is 2. The van der Waals surface area contributed by atoms with Crippen molar-refractivity contribution in [2.45, 2.75) is 25.6 Å². The SMILES string of the molecule is CN(Cc1nc2ccccc2n1C)C(=O)NC1CCN(Cc2ccccc2)C1. The van der Waals surface area contributed by atoms with Crippen molar-refractivity contribution in [1.82, 2.24) is 24.7 Å². The molecule has 6 heteroatoms. The standard InChI is InChI=1S/C22H27N5O/c1-25(16-21-24-19-10-6-7-11-20(19)26(21)2)22(28)23-18-12-13-27(15-18)14-17-8-4-3-5-9-17/h3-11,18H,12-16H2,1-2H3,(H,23,28). The number of aryl methyl sites for hydroxylation is 1. The maximum absolute atomic E-state index is 12.7. The molecule has 1 aromatic heterocycles. The highest BCUT2D eigenvalue weighted by atomic mass is 16.2. The Balaban J connectivity index is 1.31. The minimum absolute atomic E-state index is 0.0429. The number of urea groups is 1. The van der Waals surface area contributed by atoms with Gasteiger partial charge in [0.25, 0.3) is 0 Å². The van der Waals surface area contributed by atoms with Crippen molar-refractivity contribution in [3.8, 4) is 0 Å². The van der Waals surface area contributed by atoms with Crippen molar-refractivity contribution in [3.63, 3.8) is 0 Å². The zero-order valence-corrected chi connectivity index (χ0v) is 16.5. The van der Waals surface area contributed by atoms with Crippen LogP contribution in [0.15, 0.2) is 54.6 Å². The van der Waals surface area contributed by atoms with Crippen molar-refractivity contribution in [2.75, 3.05) is 20.1 Å². The number of benzene rings is 2. The fourth-order valence-corrected chi connectivity index (χ4v) is 3.84. The molecular formula is C22H27N5O. The molecule has 1 fully saturated rings. The minimum Gasteiger partial charge on any atom is -0.334 e. The maximum atomic E-state index is 12.7. The summed E-state index contributed by atoms with van der Waals surface area (Å²) in [6.07, 6.45) is 0.985. The lowest BCUT2D eigenvalue weighted by Crippen LogP contribution is -2.44. The second-order valence-corrected chi connectivity index (χ2v) is 7.59. The lowest BCUT2D eigenvalue weighted by molar-refractivity contribution is 0.200. The molecule has 1 N–H and O–H groups in total. The second kappa shape index (κ2) is 8.02. The number of carbonyl (C=O) groups is 1. The molecule has 0 radical (unpaired) electrons. The number of carbonyl (C=O) groups excluding carboxylic acids is 1. The van der Waals surface area contributed by atoms with Crippen LogP contribution in [0.3, 0.4) is 0 Å². The summed E-state index contributed by atoms with van der Waals surface area (Å²) in [5.41, 5.74) is 3.35. The summed E-state index contributed by atoms with van der Waals surface area (Å²) in [6, 6.07) is 18.7. The highest BCUT2D eigenvalue weighted by Gasteiger charge is 2.25. The van der Waals surface area contributed by atoms with Crippen LogP contribution in [0.1, 0.15) is 17.8 Å². The van der Waals surface area contributed by atoms with E-state index in [1.807, 2.05) is 44.4 Å². The summed E-state index contributed by atoms with van der Waals surface area (Å²) in [5, 5.41) is 3.18. The van der Waals surface area contributed by atoms with Gasteiger partial charge in [-0.15, -0.1) is 0 Å². The van der Waals surface area contributed by atoms with Gasteiger partial charge in [0.05, 0.1) is 17.6 Å². The number of nitrogens with one attached hydrogen (secondary N) is 1. The molecule has 2 aromatic carbocycles. The number of hydrogen-bond donors (Lipinski definition) is 1. The zero-order chi connectivity index (χ0) is 19.5. The Hall–Kier alpha value is -2.86. The summed E-state index contributed by atoms with van der Waals surface area (Å²) in [5.74, 6) is 0.885. The van der Waals surface area contributed by atoms with Crippen LogP contribution in [0.4, 0.5) is 4.79 Å². The maximum Gasteiger partial charge on any atom is 0.317 e. The van der Waals surface area contributed by atoms with Crippen LogP contribution in [0.5, 0.6) is 0 Å². The number of nitrogens with zero attached hydrogens (tertiary/aromatic N) is 4. The third-order valence-electron chi connectivity index (χ3n) is 5.45. The van der Waals surface area contributed by atoms with E-state index in [1.165, 1.54) is 5.56 Å². The molecule has 0 aliphatic carbocycles. The van der Waals surface area contributed by atoms with Crippen LogP contribution < -0.4 is 5.32 Å². The van der Waals surface area contributed by atoms with Crippen molar-refractivity contribution < 1.29 is 4.79 Å². The lowest BCUT2D eigenvalue weighted by Gasteiger charge is -2.21. The van der Waals surface area contributed by atoms with Gasteiger partial charge in [-0.3, -0.25) is 4.90 Å². The van der Waals surface area contributed by atoms with Crippen LogP contribution in [-0.4, -0.2) is 51.6 Å². The Kier molecular flexibility index (Phi) is 5.30. The number of rotatable bonds is 5. The highest BCUT2D eigenvalue weighted by molar-refractivity contribution is 5.76. The van der Waals surface area contributed by atoms with E-state index in [-0.39, 0.29) is 12.1 Å². The normalized spacial score (nSPS) is 17.1. The van der Waals surface area contributed by atoms with Crippen molar-refractivity contribution in [1.29, 1.82) is 0 Å². The molecule has 6 nitrogen and oxygen atoms in total. The van der Waals surface area contributed by atoms with Gasteiger partial charge in [0.15, 0.2) is 0 Å². The molecule has 0 spiro atoms. The van der Waals surface area contributed by atoms with Gasteiger partial charge in [-0.25, -0.2) is 9.78 Å². The van der Waals surface area contributed by atoms with E-state index in [0.717, 1.165) is 42.9 Å². The van der Waals surface area contributed by atoms with Gasteiger partial charge < -0.3 is 14.8 Å². The van der Waals surface area contributed by atoms with Crippen LogP contribution in [0, 0.1) is 0 Å². The molecule has 1 saturated heterocycles. The van der Waals surface area contributed by atoms with Crippen molar-refractivity contribution >= 4 is 17.1 Å². The second-order valence-electron chi connectivity index (χ2n) is 7.59. The third-order valence-corrected chi connectivity index (χ3v) is 5.45. The number of likely N-dealkylation sites (tertiary alicyclic amines) is 1. The van der Waals surface area contributed by atoms with Gasteiger partial charge >= 0.3 is 6.03 Å². The first-order valence-corrected chi connectivity index (χ1v) is 9.78. The molecule has 146 valence electrons. The summed E-state index contributed by atoms with van der Waals surface area (Å²) in [4.78, 5) is 21.4. The van der Waals surface area contributed by atoms with Crippen molar-refractivity contribution in [2.24, 2.45) is 7.05 Å².